The molecule has 86 valence electrons. The second-order valence-electron chi connectivity index (χ2n) is 4.81. The number of hydrogen-bond acceptors (Lipinski definition) is 2. The average Bonchev–Trinajstić information content (AvgIpc) is 2.81. The maximum atomic E-state index is 3.58. The Kier molecular flexibility index (Phi) is 2.90. The van der Waals surface area contributed by atoms with E-state index in [0.29, 0.717) is 0 Å². The lowest BCUT2D eigenvalue weighted by molar-refractivity contribution is 0.434. The molecular formula is C13H17BrN2. The van der Waals surface area contributed by atoms with Crippen molar-refractivity contribution in [3.8, 4) is 0 Å². The molecule has 1 fully saturated rings. The van der Waals surface area contributed by atoms with Gasteiger partial charge in [-0.15, -0.1) is 0 Å². The van der Waals surface area contributed by atoms with Crippen molar-refractivity contribution in [3.05, 3.63) is 28.2 Å². The summed E-state index contributed by atoms with van der Waals surface area (Å²) in [6, 6.07) is 6.62. The quantitative estimate of drug-likeness (QED) is 0.827. The molecule has 0 radical (unpaired) electrons. The van der Waals surface area contributed by atoms with Crippen LogP contribution in [0.2, 0.25) is 0 Å². The lowest BCUT2D eigenvalue weighted by Crippen LogP contribution is -2.24. The molecule has 0 saturated carbocycles. The Morgan fingerprint density at radius 1 is 1.19 bits per heavy atom. The Morgan fingerprint density at radius 2 is 2.12 bits per heavy atom. The first-order chi connectivity index (χ1) is 7.84. The minimum Gasteiger partial charge on any atom is -0.385 e. The van der Waals surface area contributed by atoms with Gasteiger partial charge in [0.1, 0.15) is 0 Å². The fourth-order valence-corrected chi connectivity index (χ4v) is 3.41. The number of fused-ring (bicyclic) bond motifs is 1. The molecule has 16 heavy (non-hydrogen) atoms. The van der Waals surface area contributed by atoms with Crippen molar-refractivity contribution in [2.75, 3.05) is 25.0 Å². The highest BCUT2D eigenvalue weighted by Crippen LogP contribution is 2.40. The second kappa shape index (κ2) is 4.38. The van der Waals surface area contributed by atoms with Crippen molar-refractivity contribution < 1.29 is 0 Å². The number of anilines is 1. The van der Waals surface area contributed by atoms with E-state index in [4.69, 9.17) is 0 Å². The first-order valence-corrected chi connectivity index (χ1v) is 6.88. The fourth-order valence-electron chi connectivity index (χ4n) is 3.03. The van der Waals surface area contributed by atoms with Gasteiger partial charge in [0.15, 0.2) is 0 Å². The van der Waals surface area contributed by atoms with Gasteiger partial charge in [-0.3, -0.25) is 0 Å². The van der Waals surface area contributed by atoms with Crippen molar-refractivity contribution in [1.82, 2.24) is 5.32 Å². The van der Waals surface area contributed by atoms with Gasteiger partial charge in [0, 0.05) is 16.7 Å². The Morgan fingerprint density at radius 3 is 2.94 bits per heavy atom. The van der Waals surface area contributed by atoms with Gasteiger partial charge in [-0.25, -0.2) is 0 Å². The number of hydrogen-bond donors (Lipinski definition) is 2. The summed E-state index contributed by atoms with van der Waals surface area (Å²) >= 11 is 3.58. The summed E-state index contributed by atoms with van der Waals surface area (Å²) in [7, 11) is 0. The number of halogens is 1. The smallest absolute Gasteiger partial charge is 0.0376 e. The molecule has 0 aliphatic carbocycles. The average molecular weight is 281 g/mol. The van der Waals surface area contributed by atoms with Crippen molar-refractivity contribution in [2.45, 2.75) is 18.8 Å². The first-order valence-electron chi connectivity index (χ1n) is 6.08. The Hall–Kier alpha value is -0.540. The molecule has 2 heterocycles. The largest absolute Gasteiger partial charge is 0.385 e. The van der Waals surface area contributed by atoms with E-state index >= 15 is 0 Å². The van der Waals surface area contributed by atoms with E-state index in [1.54, 1.807) is 0 Å². The van der Waals surface area contributed by atoms with Crippen molar-refractivity contribution in [1.29, 1.82) is 0 Å². The van der Waals surface area contributed by atoms with Crippen LogP contribution in [0.25, 0.3) is 0 Å². The predicted molar refractivity (Wildman–Crippen MR) is 71.0 cm³/mol. The molecule has 1 aromatic rings. The summed E-state index contributed by atoms with van der Waals surface area (Å²) in [5.74, 6) is 1.57. The van der Waals surface area contributed by atoms with Crippen LogP contribution in [0.5, 0.6) is 0 Å². The molecule has 2 N–H and O–H groups in total. The van der Waals surface area contributed by atoms with Crippen molar-refractivity contribution >= 4 is 21.6 Å². The molecule has 0 amide bonds. The summed E-state index contributed by atoms with van der Waals surface area (Å²) in [5, 5.41) is 6.98. The van der Waals surface area contributed by atoms with Gasteiger partial charge in [-0.1, -0.05) is 15.9 Å². The summed E-state index contributed by atoms with van der Waals surface area (Å²) in [5.41, 5.74) is 2.85. The monoisotopic (exact) mass is 280 g/mol. The molecule has 1 saturated heterocycles. The highest BCUT2D eigenvalue weighted by Gasteiger charge is 2.29. The van der Waals surface area contributed by atoms with Crippen LogP contribution in [-0.2, 0) is 0 Å². The lowest BCUT2D eigenvalue weighted by Gasteiger charge is -2.30. The van der Waals surface area contributed by atoms with Crippen LogP contribution in [0.4, 0.5) is 5.69 Å². The normalized spacial score (nSPS) is 28.6. The zero-order valence-electron chi connectivity index (χ0n) is 9.30. The van der Waals surface area contributed by atoms with E-state index < -0.39 is 0 Å². The van der Waals surface area contributed by atoms with Crippen LogP contribution in [0.1, 0.15) is 24.3 Å². The molecule has 1 aromatic carbocycles. The zero-order chi connectivity index (χ0) is 11.0. The maximum Gasteiger partial charge on any atom is 0.0376 e. The number of rotatable bonds is 1. The van der Waals surface area contributed by atoms with Crippen LogP contribution in [0.15, 0.2) is 22.7 Å². The van der Waals surface area contributed by atoms with E-state index in [2.05, 4.69) is 44.8 Å². The van der Waals surface area contributed by atoms with Crippen molar-refractivity contribution in [2.24, 2.45) is 5.92 Å². The highest BCUT2D eigenvalue weighted by molar-refractivity contribution is 9.10. The third-order valence-corrected chi connectivity index (χ3v) is 4.34. The van der Waals surface area contributed by atoms with E-state index in [1.165, 1.54) is 41.7 Å². The minimum atomic E-state index is 0.740. The van der Waals surface area contributed by atoms with E-state index in [0.717, 1.165) is 18.4 Å². The molecular weight excluding hydrogens is 264 g/mol. The standard InChI is InChI=1S/C13H17BrN2/c14-10-1-2-13-12(7-10)11(4-6-16-13)9-3-5-15-8-9/h1-2,7,9,11,15-16H,3-6,8H2. The van der Waals surface area contributed by atoms with Gasteiger partial charge in [-0.05, 0) is 61.5 Å². The molecule has 0 spiro atoms. The molecule has 2 atom stereocenters. The summed E-state index contributed by atoms with van der Waals surface area (Å²) < 4.78 is 1.20. The SMILES string of the molecule is Brc1ccc2c(c1)C(C1CCNC1)CCN2. The lowest BCUT2D eigenvalue weighted by atomic mass is 9.80. The number of nitrogens with one attached hydrogen (secondary N) is 2. The Labute approximate surface area is 105 Å². The molecule has 0 aromatic heterocycles. The van der Waals surface area contributed by atoms with Gasteiger partial charge in [-0.2, -0.15) is 0 Å². The Balaban J connectivity index is 1.94. The van der Waals surface area contributed by atoms with Crippen LogP contribution in [-0.4, -0.2) is 19.6 Å². The minimum absolute atomic E-state index is 0.740. The molecule has 3 rings (SSSR count). The molecule has 2 aliphatic heterocycles. The predicted octanol–water partition coefficient (Wildman–Crippen LogP) is 2.96. The van der Waals surface area contributed by atoms with Crippen LogP contribution in [0.3, 0.4) is 0 Å². The molecule has 2 nitrogen and oxygen atoms in total. The maximum absolute atomic E-state index is 3.58. The summed E-state index contributed by atoms with van der Waals surface area (Å²) in [4.78, 5) is 0. The van der Waals surface area contributed by atoms with E-state index in [9.17, 15) is 0 Å². The molecule has 2 aliphatic rings. The first kappa shape index (κ1) is 10.6. The van der Waals surface area contributed by atoms with Gasteiger partial charge < -0.3 is 10.6 Å². The van der Waals surface area contributed by atoms with Crippen molar-refractivity contribution in [3.63, 3.8) is 0 Å². The number of benzene rings is 1. The summed E-state index contributed by atoms with van der Waals surface area (Å²) in [6.07, 6.45) is 2.60. The topological polar surface area (TPSA) is 24.1 Å². The molecule has 0 bridgehead atoms. The highest BCUT2D eigenvalue weighted by atomic mass is 79.9. The van der Waals surface area contributed by atoms with Crippen LogP contribution in [0, 0.1) is 5.92 Å². The third kappa shape index (κ3) is 1.87. The molecule has 2 unspecified atom stereocenters. The van der Waals surface area contributed by atoms with Crippen LogP contribution >= 0.6 is 15.9 Å². The van der Waals surface area contributed by atoms with E-state index in [-0.39, 0.29) is 0 Å². The van der Waals surface area contributed by atoms with Gasteiger partial charge in [0.2, 0.25) is 0 Å². The molecule has 3 heteroatoms. The van der Waals surface area contributed by atoms with Gasteiger partial charge in [0.05, 0.1) is 0 Å². The summed E-state index contributed by atoms with van der Waals surface area (Å²) in [6.45, 7) is 3.50. The van der Waals surface area contributed by atoms with Gasteiger partial charge in [0.25, 0.3) is 0 Å². The third-order valence-electron chi connectivity index (χ3n) is 3.85. The van der Waals surface area contributed by atoms with E-state index in [1.807, 2.05) is 0 Å². The Bertz CT molecular complexity index is 386. The second-order valence-corrected chi connectivity index (χ2v) is 5.72. The fraction of sp³-hybridized carbons (Fsp3) is 0.538. The van der Waals surface area contributed by atoms with Gasteiger partial charge >= 0.3 is 0 Å². The van der Waals surface area contributed by atoms with Crippen LogP contribution < -0.4 is 10.6 Å². The zero-order valence-corrected chi connectivity index (χ0v) is 10.9.